The predicted molar refractivity (Wildman–Crippen MR) is 60.1 cm³/mol. The Morgan fingerprint density at radius 2 is 1.94 bits per heavy atom. The standard InChI is InChI=1S/C13H15NO2/c15-10-4-2-9(3-5-10)11-8-14-12(16)13(11)6-1-7-13/h2-5,11,15H,1,6-8H2,(H,14,16). The molecule has 2 fully saturated rings. The minimum Gasteiger partial charge on any atom is -0.508 e. The molecule has 1 aliphatic carbocycles. The Morgan fingerprint density at radius 1 is 1.25 bits per heavy atom. The molecule has 16 heavy (non-hydrogen) atoms. The van der Waals surface area contributed by atoms with Gasteiger partial charge < -0.3 is 10.4 Å². The third-order valence-corrected chi connectivity index (χ3v) is 4.13. The Bertz CT molecular complexity index is 420. The van der Waals surface area contributed by atoms with Crippen LogP contribution in [-0.4, -0.2) is 17.6 Å². The number of nitrogens with one attached hydrogen (secondary N) is 1. The first-order chi connectivity index (χ1) is 7.72. The van der Waals surface area contributed by atoms with E-state index in [1.165, 1.54) is 0 Å². The largest absolute Gasteiger partial charge is 0.508 e. The van der Waals surface area contributed by atoms with Crippen LogP contribution in [0.1, 0.15) is 30.7 Å². The van der Waals surface area contributed by atoms with Crippen molar-refractivity contribution in [1.82, 2.24) is 5.32 Å². The highest BCUT2D eigenvalue weighted by atomic mass is 16.3. The van der Waals surface area contributed by atoms with Crippen molar-refractivity contribution in [1.29, 1.82) is 0 Å². The van der Waals surface area contributed by atoms with Crippen molar-refractivity contribution in [2.24, 2.45) is 5.41 Å². The number of rotatable bonds is 1. The summed E-state index contributed by atoms with van der Waals surface area (Å²) in [7, 11) is 0. The first-order valence-corrected chi connectivity index (χ1v) is 5.80. The summed E-state index contributed by atoms with van der Waals surface area (Å²) in [5.41, 5.74) is 1.02. The minimum atomic E-state index is -0.142. The Morgan fingerprint density at radius 3 is 2.50 bits per heavy atom. The van der Waals surface area contributed by atoms with Crippen molar-refractivity contribution < 1.29 is 9.90 Å². The molecule has 1 amide bonds. The lowest BCUT2D eigenvalue weighted by atomic mass is 9.61. The molecule has 2 N–H and O–H groups in total. The molecule has 84 valence electrons. The zero-order valence-electron chi connectivity index (χ0n) is 9.07. The number of phenolic OH excluding ortho intramolecular Hbond substituents is 1. The summed E-state index contributed by atoms with van der Waals surface area (Å²) in [6.45, 7) is 0.740. The smallest absolute Gasteiger partial charge is 0.226 e. The third-order valence-electron chi connectivity index (χ3n) is 4.13. The molecule has 0 radical (unpaired) electrons. The van der Waals surface area contributed by atoms with E-state index in [0.29, 0.717) is 0 Å². The number of carbonyl (C=O) groups excluding carboxylic acids is 1. The number of hydrogen-bond donors (Lipinski definition) is 2. The molecule has 1 heterocycles. The monoisotopic (exact) mass is 217 g/mol. The van der Waals surface area contributed by atoms with Gasteiger partial charge in [-0.3, -0.25) is 4.79 Å². The van der Waals surface area contributed by atoms with Crippen LogP contribution >= 0.6 is 0 Å². The molecule has 3 rings (SSSR count). The van der Waals surface area contributed by atoms with E-state index in [2.05, 4.69) is 5.32 Å². The second-order valence-electron chi connectivity index (χ2n) is 4.86. The van der Waals surface area contributed by atoms with Gasteiger partial charge >= 0.3 is 0 Å². The van der Waals surface area contributed by atoms with Gasteiger partial charge in [-0.05, 0) is 30.5 Å². The number of carbonyl (C=O) groups is 1. The van der Waals surface area contributed by atoms with Crippen LogP contribution < -0.4 is 5.32 Å². The second-order valence-corrected chi connectivity index (χ2v) is 4.86. The quantitative estimate of drug-likeness (QED) is 0.753. The fourth-order valence-electron chi connectivity index (χ4n) is 3.00. The van der Waals surface area contributed by atoms with Gasteiger partial charge in [0.15, 0.2) is 0 Å². The lowest BCUT2D eigenvalue weighted by Crippen LogP contribution is -2.40. The van der Waals surface area contributed by atoms with Gasteiger partial charge in [-0.15, -0.1) is 0 Å². The molecular formula is C13H15NO2. The zero-order chi connectivity index (χ0) is 11.2. The molecule has 3 heteroatoms. The summed E-state index contributed by atoms with van der Waals surface area (Å²) in [5.74, 6) is 0.787. The van der Waals surface area contributed by atoms with Crippen LogP contribution in [0.5, 0.6) is 5.75 Å². The fraction of sp³-hybridized carbons (Fsp3) is 0.462. The van der Waals surface area contributed by atoms with Crippen LogP contribution in [-0.2, 0) is 4.79 Å². The van der Waals surface area contributed by atoms with E-state index in [1.807, 2.05) is 12.1 Å². The Hall–Kier alpha value is -1.51. The molecule has 2 aliphatic rings. The highest BCUT2D eigenvalue weighted by molar-refractivity contribution is 5.87. The van der Waals surface area contributed by atoms with Crippen molar-refractivity contribution in [2.75, 3.05) is 6.54 Å². The fourth-order valence-corrected chi connectivity index (χ4v) is 3.00. The van der Waals surface area contributed by atoms with Crippen molar-refractivity contribution >= 4 is 5.91 Å². The summed E-state index contributed by atoms with van der Waals surface area (Å²) in [5, 5.41) is 12.2. The maximum Gasteiger partial charge on any atom is 0.226 e. The minimum absolute atomic E-state index is 0.142. The molecule has 1 aromatic rings. The summed E-state index contributed by atoms with van der Waals surface area (Å²) < 4.78 is 0. The number of amides is 1. The summed E-state index contributed by atoms with van der Waals surface area (Å²) in [6.07, 6.45) is 3.16. The van der Waals surface area contributed by atoms with Crippen LogP contribution in [0.4, 0.5) is 0 Å². The van der Waals surface area contributed by atoms with Crippen LogP contribution in [0.15, 0.2) is 24.3 Å². The Labute approximate surface area is 94.5 Å². The third kappa shape index (κ3) is 1.17. The summed E-state index contributed by atoms with van der Waals surface area (Å²) >= 11 is 0. The average Bonchev–Trinajstić information content (AvgIpc) is 2.56. The van der Waals surface area contributed by atoms with E-state index in [0.717, 1.165) is 31.4 Å². The van der Waals surface area contributed by atoms with Crippen molar-refractivity contribution in [2.45, 2.75) is 25.2 Å². The molecular weight excluding hydrogens is 202 g/mol. The number of hydrogen-bond acceptors (Lipinski definition) is 2. The molecule has 1 spiro atoms. The maximum absolute atomic E-state index is 11.9. The summed E-state index contributed by atoms with van der Waals surface area (Å²) in [6, 6.07) is 7.26. The van der Waals surface area contributed by atoms with Gasteiger partial charge in [0.2, 0.25) is 5.91 Å². The van der Waals surface area contributed by atoms with Crippen LogP contribution in [0, 0.1) is 5.41 Å². The van der Waals surface area contributed by atoms with Crippen LogP contribution in [0.2, 0.25) is 0 Å². The van der Waals surface area contributed by atoms with E-state index in [1.54, 1.807) is 12.1 Å². The van der Waals surface area contributed by atoms with Crippen LogP contribution in [0.25, 0.3) is 0 Å². The topological polar surface area (TPSA) is 49.3 Å². The van der Waals surface area contributed by atoms with Gasteiger partial charge in [0.25, 0.3) is 0 Å². The van der Waals surface area contributed by atoms with Gasteiger partial charge in [0.05, 0.1) is 5.41 Å². The molecule has 1 aliphatic heterocycles. The van der Waals surface area contributed by atoms with Crippen molar-refractivity contribution in [3.8, 4) is 5.75 Å². The zero-order valence-corrected chi connectivity index (χ0v) is 9.07. The first kappa shape index (κ1) is 9.70. The predicted octanol–water partition coefficient (Wildman–Crippen LogP) is 1.78. The van der Waals surface area contributed by atoms with Gasteiger partial charge in [0, 0.05) is 12.5 Å². The molecule has 3 nitrogen and oxygen atoms in total. The molecule has 0 bridgehead atoms. The van der Waals surface area contributed by atoms with Gasteiger partial charge in [-0.1, -0.05) is 18.6 Å². The molecule has 1 aromatic carbocycles. The molecule has 1 saturated carbocycles. The molecule has 1 saturated heterocycles. The number of phenols is 1. The average molecular weight is 217 g/mol. The number of benzene rings is 1. The Kier molecular flexibility index (Phi) is 1.96. The SMILES string of the molecule is O=C1NCC(c2ccc(O)cc2)C12CCC2. The highest BCUT2D eigenvalue weighted by Crippen LogP contribution is 2.54. The van der Waals surface area contributed by atoms with E-state index >= 15 is 0 Å². The second kappa shape index (κ2) is 3.24. The van der Waals surface area contributed by atoms with E-state index in [9.17, 15) is 9.90 Å². The Balaban J connectivity index is 1.95. The lowest BCUT2D eigenvalue weighted by Gasteiger charge is -2.40. The maximum atomic E-state index is 11.9. The van der Waals surface area contributed by atoms with Gasteiger partial charge in [0.1, 0.15) is 5.75 Å². The molecule has 1 atom stereocenters. The lowest BCUT2D eigenvalue weighted by molar-refractivity contribution is -0.132. The molecule has 0 aromatic heterocycles. The van der Waals surface area contributed by atoms with Crippen LogP contribution in [0.3, 0.4) is 0 Å². The summed E-state index contributed by atoms with van der Waals surface area (Å²) in [4.78, 5) is 11.9. The normalized spacial score (nSPS) is 26.5. The van der Waals surface area contributed by atoms with E-state index in [-0.39, 0.29) is 23.0 Å². The highest BCUT2D eigenvalue weighted by Gasteiger charge is 2.54. The van der Waals surface area contributed by atoms with Gasteiger partial charge in [-0.2, -0.15) is 0 Å². The van der Waals surface area contributed by atoms with Crippen molar-refractivity contribution in [3.63, 3.8) is 0 Å². The van der Waals surface area contributed by atoms with E-state index < -0.39 is 0 Å². The van der Waals surface area contributed by atoms with E-state index in [4.69, 9.17) is 0 Å². The number of aromatic hydroxyl groups is 1. The molecule has 1 unspecified atom stereocenters. The first-order valence-electron chi connectivity index (χ1n) is 5.80. The van der Waals surface area contributed by atoms with Crippen molar-refractivity contribution in [3.05, 3.63) is 29.8 Å². The van der Waals surface area contributed by atoms with Gasteiger partial charge in [-0.25, -0.2) is 0 Å².